The molecule has 1 atom stereocenters. The third-order valence-electron chi connectivity index (χ3n) is 3.53. The molecule has 1 unspecified atom stereocenters. The predicted molar refractivity (Wildman–Crippen MR) is 75.2 cm³/mol. The fraction of sp³-hybridized carbons (Fsp3) is 0.308. The van der Waals surface area contributed by atoms with Gasteiger partial charge in [-0.1, -0.05) is 12.1 Å². The van der Waals surface area contributed by atoms with Crippen molar-refractivity contribution < 1.29 is 9.90 Å². The van der Waals surface area contributed by atoms with Gasteiger partial charge >= 0.3 is 0 Å². The van der Waals surface area contributed by atoms with Crippen molar-refractivity contribution in [3.05, 3.63) is 40.6 Å². The number of carbonyl (C=O) groups excluding carboxylic acids is 1. The quantitative estimate of drug-likeness (QED) is 0.890. The molecule has 2 heterocycles. The SMILES string of the molecule is CN1CCC(O)(c2cccc(-n3ncc(Br)n3)c2)C1=O. The second-order valence-corrected chi connectivity index (χ2v) is 5.66. The van der Waals surface area contributed by atoms with E-state index in [1.165, 1.54) is 9.70 Å². The summed E-state index contributed by atoms with van der Waals surface area (Å²) in [5.41, 5.74) is -0.184. The van der Waals surface area contributed by atoms with Crippen molar-refractivity contribution in [2.45, 2.75) is 12.0 Å². The third-order valence-corrected chi connectivity index (χ3v) is 3.89. The lowest BCUT2D eigenvalue weighted by molar-refractivity contribution is -0.143. The molecule has 2 aromatic rings. The first-order chi connectivity index (χ1) is 9.50. The first-order valence-corrected chi connectivity index (χ1v) is 6.97. The van der Waals surface area contributed by atoms with E-state index in [-0.39, 0.29) is 5.91 Å². The van der Waals surface area contributed by atoms with Gasteiger partial charge in [-0.25, -0.2) is 0 Å². The van der Waals surface area contributed by atoms with Gasteiger partial charge in [-0.3, -0.25) is 4.79 Å². The van der Waals surface area contributed by atoms with Gasteiger partial charge in [0.2, 0.25) is 0 Å². The molecule has 0 saturated carbocycles. The Kier molecular flexibility index (Phi) is 3.10. The zero-order valence-corrected chi connectivity index (χ0v) is 12.4. The summed E-state index contributed by atoms with van der Waals surface area (Å²) in [6, 6.07) is 7.09. The molecular weight excluding hydrogens is 324 g/mol. The van der Waals surface area contributed by atoms with Crippen LogP contribution in [0.25, 0.3) is 5.69 Å². The van der Waals surface area contributed by atoms with Crippen LogP contribution < -0.4 is 0 Å². The summed E-state index contributed by atoms with van der Waals surface area (Å²) in [5.74, 6) is -0.274. The number of likely N-dealkylation sites (N-methyl/N-ethyl adjacent to an activating group) is 1. The van der Waals surface area contributed by atoms with E-state index < -0.39 is 5.60 Å². The predicted octanol–water partition coefficient (Wildman–Crippen LogP) is 1.08. The topological polar surface area (TPSA) is 71.2 Å². The average molecular weight is 337 g/mol. The van der Waals surface area contributed by atoms with E-state index in [2.05, 4.69) is 26.1 Å². The van der Waals surface area contributed by atoms with Gasteiger partial charge in [0.05, 0.1) is 11.9 Å². The Morgan fingerprint density at radius 3 is 2.85 bits per heavy atom. The van der Waals surface area contributed by atoms with Gasteiger partial charge < -0.3 is 10.0 Å². The molecule has 1 aromatic carbocycles. The number of hydrogen-bond acceptors (Lipinski definition) is 4. The Balaban J connectivity index is 2.02. The van der Waals surface area contributed by atoms with Crippen LogP contribution in [0.5, 0.6) is 0 Å². The van der Waals surface area contributed by atoms with E-state index >= 15 is 0 Å². The van der Waals surface area contributed by atoms with Gasteiger partial charge in [-0.2, -0.15) is 9.90 Å². The Morgan fingerprint density at radius 1 is 1.45 bits per heavy atom. The molecule has 104 valence electrons. The molecule has 0 bridgehead atoms. The second-order valence-electron chi connectivity index (χ2n) is 4.84. The largest absolute Gasteiger partial charge is 0.375 e. The standard InChI is InChI=1S/C13H13BrN4O2/c1-17-6-5-13(20,12(17)19)9-3-2-4-10(7-9)18-15-8-11(14)16-18/h2-4,7-8,20H,5-6H2,1H3. The number of aromatic nitrogens is 3. The lowest BCUT2D eigenvalue weighted by Gasteiger charge is -2.21. The number of rotatable bonds is 2. The van der Waals surface area contributed by atoms with E-state index in [9.17, 15) is 9.90 Å². The maximum absolute atomic E-state index is 12.1. The number of halogens is 1. The highest BCUT2D eigenvalue weighted by molar-refractivity contribution is 9.10. The van der Waals surface area contributed by atoms with Crippen LogP contribution >= 0.6 is 15.9 Å². The monoisotopic (exact) mass is 336 g/mol. The van der Waals surface area contributed by atoms with E-state index in [1.54, 1.807) is 31.4 Å². The van der Waals surface area contributed by atoms with Crippen molar-refractivity contribution in [1.82, 2.24) is 19.9 Å². The van der Waals surface area contributed by atoms with Crippen molar-refractivity contribution in [2.75, 3.05) is 13.6 Å². The summed E-state index contributed by atoms with van der Waals surface area (Å²) in [4.78, 5) is 15.1. The third kappa shape index (κ3) is 2.03. The molecule has 3 rings (SSSR count). The highest BCUT2D eigenvalue weighted by Gasteiger charge is 2.45. The zero-order valence-electron chi connectivity index (χ0n) is 10.8. The summed E-state index contributed by atoms with van der Waals surface area (Å²) in [7, 11) is 1.69. The Labute approximate surface area is 124 Å². The van der Waals surface area contributed by atoms with Gasteiger partial charge in [0.25, 0.3) is 5.91 Å². The van der Waals surface area contributed by atoms with Crippen molar-refractivity contribution in [1.29, 1.82) is 0 Å². The van der Waals surface area contributed by atoms with Crippen LogP contribution in [0.2, 0.25) is 0 Å². The van der Waals surface area contributed by atoms with E-state index in [1.807, 2.05) is 6.07 Å². The number of hydrogen-bond donors (Lipinski definition) is 1. The Bertz CT molecular complexity index is 672. The Hall–Kier alpha value is -1.73. The van der Waals surface area contributed by atoms with E-state index in [0.29, 0.717) is 28.8 Å². The molecular formula is C13H13BrN4O2. The maximum atomic E-state index is 12.1. The van der Waals surface area contributed by atoms with Crippen LogP contribution in [0.1, 0.15) is 12.0 Å². The summed E-state index contributed by atoms with van der Waals surface area (Å²) < 4.78 is 0.623. The van der Waals surface area contributed by atoms with Crippen molar-refractivity contribution in [3.63, 3.8) is 0 Å². The molecule has 0 radical (unpaired) electrons. The summed E-state index contributed by atoms with van der Waals surface area (Å²) in [5, 5.41) is 18.9. The molecule has 0 spiro atoms. The summed E-state index contributed by atoms with van der Waals surface area (Å²) >= 11 is 3.24. The summed E-state index contributed by atoms with van der Waals surface area (Å²) in [6.45, 7) is 0.547. The zero-order chi connectivity index (χ0) is 14.3. The van der Waals surface area contributed by atoms with Crippen LogP contribution in [0.3, 0.4) is 0 Å². The number of nitrogens with zero attached hydrogens (tertiary/aromatic N) is 4. The molecule has 7 heteroatoms. The van der Waals surface area contributed by atoms with Gasteiger partial charge in [-0.15, -0.1) is 5.10 Å². The van der Waals surface area contributed by atoms with Crippen LogP contribution in [0.15, 0.2) is 35.1 Å². The minimum atomic E-state index is -1.45. The Morgan fingerprint density at radius 2 is 2.25 bits per heavy atom. The lowest BCUT2D eigenvalue weighted by Crippen LogP contribution is -2.36. The molecule has 1 saturated heterocycles. The first-order valence-electron chi connectivity index (χ1n) is 6.17. The number of aliphatic hydroxyl groups is 1. The lowest BCUT2D eigenvalue weighted by atomic mass is 9.92. The van der Waals surface area contributed by atoms with Crippen LogP contribution in [-0.2, 0) is 10.4 Å². The highest BCUT2D eigenvalue weighted by Crippen LogP contribution is 2.33. The van der Waals surface area contributed by atoms with Gasteiger partial charge in [0.15, 0.2) is 5.60 Å². The average Bonchev–Trinajstić information content (AvgIpc) is 3.00. The number of carbonyl (C=O) groups is 1. The minimum Gasteiger partial charge on any atom is -0.375 e. The maximum Gasteiger partial charge on any atom is 0.258 e. The van der Waals surface area contributed by atoms with Crippen LogP contribution in [-0.4, -0.2) is 44.5 Å². The van der Waals surface area contributed by atoms with E-state index in [0.717, 1.165) is 0 Å². The van der Waals surface area contributed by atoms with Gasteiger partial charge in [0, 0.05) is 20.0 Å². The normalized spacial score (nSPS) is 22.6. The molecule has 1 N–H and O–H groups in total. The number of amides is 1. The molecule has 0 aliphatic carbocycles. The number of benzene rings is 1. The smallest absolute Gasteiger partial charge is 0.258 e. The van der Waals surface area contributed by atoms with Crippen molar-refractivity contribution in [3.8, 4) is 5.69 Å². The molecule has 1 aliphatic rings. The molecule has 1 aromatic heterocycles. The number of likely N-dealkylation sites (tertiary alicyclic amines) is 1. The molecule has 6 nitrogen and oxygen atoms in total. The van der Waals surface area contributed by atoms with Gasteiger partial charge in [-0.05, 0) is 33.6 Å². The van der Waals surface area contributed by atoms with Crippen molar-refractivity contribution in [2.24, 2.45) is 0 Å². The molecule has 1 amide bonds. The fourth-order valence-corrected chi connectivity index (χ4v) is 2.62. The highest BCUT2D eigenvalue weighted by atomic mass is 79.9. The minimum absolute atomic E-state index is 0.274. The first kappa shape index (κ1) is 13.3. The van der Waals surface area contributed by atoms with Gasteiger partial charge in [0.1, 0.15) is 4.60 Å². The van der Waals surface area contributed by atoms with Crippen LogP contribution in [0.4, 0.5) is 0 Å². The van der Waals surface area contributed by atoms with E-state index in [4.69, 9.17) is 0 Å². The van der Waals surface area contributed by atoms with Crippen molar-refractivity contribution >= 4 is 21.8 Å². The summed E-state index contributed by atoms with van der Waals surface area (Å²) in [6.07, 6.45) is 1.97. The second kappa shape index (κ2) is 4.68. The molecule has 1 aliphatic heterocycles. The molecule has 20 heavy (non-hydrogen) atoms. The molecule has 1 fully saturated rings. The van der Waals surface area contributed by atoms with Crippen LogP contribution in [0, 0.1) is 0 Å². The fourth-order valence-electron chi connectivity index (χ4n) is 2.38.